The zero-order valence-electron chi connectivity index (χ0n) is 14.8. The number of nitrogens with zero attached hydrogens (tertiary/aromatic N) is 2. The molecule has 0 aliphatic rings. The Balaban J connectivity index is 1.92. The molecule has 130 valence electrons. The number of hydrogen-bond donors (Lipinski definition) is 1. The molecule has 0 saturated carbocycles. The summed E-state index contributed by atoms with van der Waals surface area (Å²) in [5.41, 5.74) is 1.12. The largest absolute Gasteiger partial charge is 0.493 e. The summed E-state index contributed by atoms with van der Waals surface area (Å²) in [6.07, 6.45) is 1.77. The molecular weight excluding hydrogens is 302 g/mol. The fourth-order valence-corrected chi connectivity index (χ4v) is 2.43. The number of pyridine rings is 1. The molecule has 0 bridgehead atoms. The summed E-state index contributed by atoms with van der Waals surface area (Å²) in [5.74, 6) is 2.40. The van der Waals surface area contributed by atoms with Crippen LogP contribution in [0.4, 0.5) is 5.82 Å². The Kier molecular flexibility index (Phi) is 7.36. The molecule has 0 unspecified atom stereocenters. The SMILES string of the molecule is CCN(CC)CCOc1ccc(CNc2ccccn2)cc1OC. The van der Waals surface area contributed by atoms with E-state index in [-0.39, 0.29) is 0 Å². The zero-order chi connectivity index (χ0) is 17.2. The maximum atomic E-state index is 5.88. The topological polar surface area (TPSA) is 46.6 Å². The van der Waals surface area contributed by atoms with Crippen LogP contribution in [-0.2, 0) is 6.54 Å². The van der Waals surface area contributed by atoms with Crippen LogP contribution >= 0.6 is 0 Å². The molecule has 2 aromatic rings. The van der Waals surface area contributed by atoms with Gasteiger partial charge in [0.2, 0.25) is 0 Å². The van der Waals surface area contributed by atoms with Crippen molar-refractivity contribution in [3.05, 3.63) is 48.2 Å². The summed E-state index contributed by atoms with van der Waals surface area (Å²) < 4.78 is 11.3. The Morgan fingerprint density at radius 3 is 2.58 bits per heavy atom. The van der Waals surface area contributed by atoms with Gasteiger partial charge in [-0.1, -0.05) is 26.0 Å². The minimum atomic E-state index is 0.656. The molecule has 1 aromatic heterocycles. The van der Waals surface area contributed by atoms with E-state index in [4.69, 9.17) is 9.47 Å². The number of aromatic nitrogens is 1. The quantitative estimate of drug-likeness (QED) is 0.724. The Bertz CT molecular complexity index is 601. The van der Waals surface area contributed by atoms with Gasteiger partial charge in [-0.05, 0) is 42.9 Å². The van der Waals surface area contributed by atoms with Crippen molar-refractivity contribution in [2.24, 2.45) is 0 Å². The van der Waals surface area contributed by atoms with Crippen molar-refractivity contribution < 1.29 is 9.47 Å². The molecule has 5 nitrogen and oxygen atoms in total. The maximum Gasteiger partial charge on any atom is 0.161 e. The van der Waals surface area contributed by atoms with E-state index >= 15 is 0 Å². The summed E-state index contributed by atoms with van der Waals surface area (Å²) in [5, 5.41) is 3.29. The van der Waals surface area contributed by atoms with Gasteiger partial charge in [-0.15, -0.1) is 0 Å². The average molecular weight is 329 g/mol. The zero-order valence-corrected chi connectivity index (χ0v) is 14.8. The smallest absolute Gasteiger partial charge is 0.161 e. The first kappa shape index (κ1) is 18.1. The highest BCUT2D eigenvalue weighted by Gasteiger charge is 2.07. The molecule has 2 rings (SSSR count). The van der Waals surface area contributed by atoms with Crippen LogP contribution in [0.5, 0.6) is 11.5 Å². The molecule has 0 aliphatic carbocycles. The van der Waals surface area contributed by atoms with Gasteiger partial charge in [0.05, 0.1) is 7.11 Å². The number of nitrogens with one attached hydrogen (secondary N) is 1. The lowest BCUT2D eigenvalue weighted by Crippen LogP contribution is -2.27. The van der Waals surface area contributed by atoms with Gasteiger partial charge >= 0.3 is 0 Å². The number of ether oxygens (including phenoxy) is 2. The van der Waals surface area contributed by atoms with E-state index in [1.165, 1.54) is 0 Å². The van der Waals surface area contributed by atoms with Crippen molar-refractivity contribution >= 4 is 5.82 Å². The summed E-state index contributed by atoms with van der Waals surface area (Å²) in [4.78, 5) is 6.59. The Labute approximate surface area is 144 Å². The van der Waals surface area contributed by atoms with Crippen molar-refractivity contribution in [3.8, 4) is 11.5 Å². The average Bonchev–Trinajstić information content (AvgIpc) is 2.65. The van der Waals surface area contributed by atoms with Crippen molar-refractivity contribution in [2.75, 3.05) is 38.7 Å². The summed E-state index contributed by atoms with van der Waals surface area (Å²) in [6.45, 7) is 8.65. The first-order chi connectivity index (χ1) is 11.8. The number of hydrogen-bond acceptors (Lipinski definition) is 5. The van der Waals surface area contributed by atoms with Gasteiger partial charge in [0.25, 0.3) is 0 Å². The van der Waals surface area contributed by atoms with Gasteiger partial charge < -0.3 is 19.7 Å². The van der Waals surface area contributed by atoms with Gasteiger partial charge in [-0.25, -0.2) is 4.98 Å². The van der Waals surface area contributed by atoms with Crippen LogP contribution in [-0.4, -0.2) is 43.2 Å². The third kappa shape index (κ3) is 5.42. The molecule has 24 heavy (non-hydrogen) atoms. The molecule has 0 amide bonds. The number of rotatable bonds is 10. The van der Waals surface area contributed by atoms with E-state index in [9.17, 15) is 0 Å². The molecule has 0 fully saturated rings. The van der Waals surface area contributed by atoms with E-state index in [0.29, 0.717) is 13.2 Å². The van der Waals surface area contributed by atoms with Crippen LogP contribution < -0.4 is 14.8 Å². The lowest BCUT2D eigenvalue weighted by molar-refractivity contribution is 0.217. The van der Waals surface area contributed by atoms with Crippen molar-refractivity contribution in [2.45, 2.75) is 20.4 Å². The molecule has 1 N–H and O–H groups in total. The first-order valence-corrected chi connectivity index (χ1v) is 8.43. The summed E-state index contributed by atoms with van der Waals surface area (Å²) >= 11 is 0. The fourth-order valence-electron chi connectivity index (χ4n) is 2.43. The molecule has 1 aromatic carbocycles. The minimum Gasteiger partial charge on any atom is -0.493 e. The number of likely N-dealkylation sites (N-methyl/N-ethyl adjacent to an activating group) is 1. The Hall–Kier alpha value is -2.27. The first-order valence-electron chi connectivity index (χ1n) is 8.43. The van der Waals surface area contributed by atoms with Gasteiger partial charge in [-0.2, -0.15) is 0 Å². The molecule has 0 spiro atoms. The van der Waals surface area contributed by atoms with Crippen molar-refractivity contribution in [1.29, 1.82) is 0 Å². The van der Waals surface area contributed by atoms with E-state index in [0.717, 1.165) is 42.5 Å². The molecule has 0 saturated heterocycles. The number of anilines is 1. The van der Waals surface area contributed by atoms with Crippen LogP contribution in [0.2, 0.25) is 0 Å². The molecule has 1 heterocycles. The molecule has 5 heteroatoms. The third-order valence-corrected chi connectivity index (χ3v) is 3.93. The van der Waals surface area contributed by atoms with Gasteiger partial charge in [-0.3, -0.25) is 0 Å². The van der Waals surface area contributed by atoms with Gasteiger partial charge in [0.1, 0.15) is 12.4 Å². The summed E-state index contributed by atoms with van der Waals surface area (Å²) in [6, 6.07) is 11.8. The highest BCUT2D eigenvalue weighted by Crippen LogP contribution is 2.28. The van der Waals surface area contributed by atoms with Gasteiger partial charge in [0, 0.05) is 19.3 Å². The number of benzene rings is 1. The molecule has 0 radical (unpaired) electrons. The third-order valence-electron chi connectivity index (χ3n) is 3.93. The van der Waals surface area contributed by atoms with E-state index in [1.807, 2.05) is 36.4 Å². The Morgan fingerprint density at radius 2 is 1.92 bits per heavy atom. The highest BCUT2D eigenvalue weighted by atomic mass is 16.5. The van der Waals surface area contributed by atoms with E-state index < -0.39 is 0 Å². The molecule has 0 aliphatic heterocycles. The lowest BCUT2D eigenvalue weighted by Gasteiger charge is -2.19. The lowest BCUT2D eigenvalue weighted by atomic mass is 10.2. The highest BCUT2D eigenvalue weighted by molar-refractivity contribution is 5.44. The predicted molar refractivity (Wildman–Crippen MR) is 97.8 cm³/mol. The van der Waals surface area contributed by atoms with E-state index in [1.54, 1.807) is 13.3 Å². The second kappa shape index (κ2) is 9.78. The summed E-state index contributed by atoms with van der Waals surface area (Å²) in [7, 11) is 1.67. The van der Waals surface area contributed by atoms with Crippen LogP contribution in [0.3, 0.4) is 0 Å². The minimum absolute atomic E-state index is 0.656. The molecular formula is C19H27N3O2. The second-order valence-corrected chi connectivity index (χ2v) is 5.43. The number of methoxy groups -OCH3 is 1. The second-order valence-electron chi connectivity index (χ2n) is 5.43. The van der Waals surface area contributed by atoms with E-state index in [2.05, 4.69) is 29.0 Å². The maximum absolute atomic E-state index is 5.88. The van der Waals surface area contributed by atoms with Crippen LogP contribution in [0, 0.1) is 0 Å². The Morgan fingerprint density at radius 1 is 1.08 bits per heavy atom. The van der Waals surface area contributed by atoms with Crippen LogP contribution in [0.15, 0.2) is 42.6 Å². The van der Waals surface area contributed by atoms with Crippen LogP contribution in [0.25, 0.3) is 0 Å². The van der Waals surface area contributed by atoms with Crippen molar-refractivity contribution in [1.82, 2.24) is 9.88 Å². The standard InChI is InChI=1S/C19H27N3O2/c1-4-22(5-2)12-13-24-17-10-9-16(14-18(17)23-3)15-21-19-8-6-7-11-20-19/h6-11,14H,4-5,12-13,15H2,1-3H3,(H,20,21). The molecule has 0 atom stereocenters. The van der Waals surface area contributed by atoms with Crippen molar-refractivity contribution in [3.63, 3.8) is 0 Å². The fraction of sp³-hybridized carbons (Fsp3) is 0.421. The predicted octanol–water partition coefficient (Wildman–Crippen LogP) is 3.42. The van der Waals surface area contributed by atoms with Crippen LogP contribution in [0.1, 0.15) is 19.4 Å². The normalized spacial score (nSPS) is 10.7. The monoisotopic (exact) mass is 329 g/mol. The van der Waals surface area contributed by atoms with Gasteiger partial charge in [0.15, 0.2) is 11.5 Å².